The molecule has 1 saturated heterocycles. The highest BCUT2D eigenvalue weighted by molar-refractivity contribution is 6.03. The topological polar surface area (TPSA) is 37.4 Å². The summed E-state index contributed by atoms with van der Waals surface area (Å²) in [5.74, 6) is 1.63. The second-order valence-corrected chi connectivity index (χ2v) is 3.53. The summed E-state index contributed by atoms with van der Waals surface area (Å²) in [4.78, 5) is 23.6. The second kappa shape index (κ2) is 4.11. The molecule has 0 N–H and O–H groups in total. The third kappa shape index (κ3) is 1.97. The van der Waals surface area contributed by atoms with Crippen molar-refractivity contribution in [2.24, 2.45) is 0 Å². The average molecular weight is 201 g/mol. The quantitative estimate of drug-likeness (QED) is 0.532. The first-order valence-corrected chi connectivity index (χ1v) is 4.88. The molecular weight excluding hydrogens is 190 g/mol. The molecule has 15 heavy (non-hydrogen) atoms. The van der Waals surface area contributed by atoms with Crippen molar-refractivity contribution < 1.29 is 9.59 Å². The van der Waals surface area contributed by atoms with E-state index in [-0.39, 0.29) is 11.5 Å². The van der Waals surface area contributed by atoms with E-state index in [0.717, 1.165) is 5.56 Å². The number of rotatable bonds is 2. The van der Waals surface area contributed by atoms with Gasteiger partial charge < -0.3 is 4.90 Å². The summed E-state index contributed by atoms with van der Waals surface area (Å²) in [6, 6.07) is 9.78. The smallest absolute Gasteiger partial charge is 0.192 e. The van der Waals surface area contributed by atoms with Gasteiger partial charge in [-0.05, 0) is 5.56 Å². The molecule has 3 nitrogen and oxygen atoms in total. The van der Waals surface area contributed by atoms with Crippen molar-refractivity contribution in [3.8, 4) is 0 Å². The van der Waals surface area contributed by atoms with Gasteiger partial charge in [0.1, 0.15) is 0 Å². The Morgan fingerprint density at radius 1 is 1.27 bits per heavy atom. The molecule has 0 aromatic heterocycles. The van der Waals surface area contributed by atoms with Crippen LogP contribution in [-0.2, 0) is 16.1 Å². The van der Waals surface area contributed by atoms with Gasteiger partial charge in [0.15, 0.2) is 17.4 Å². The van der Waals surface area contributed by atoms with Crippen LogP contribution in [0.2, 0.25) is 0 Å². The van der Waals surface area contributed by atoms with Crippen LogP contribution in [0, 0.1) is 0 Å². The van der Waals surface area contributed by atoms with Crippen LogP contribution in [0.15, 0.2) is 36.0 Å². The van der Waals surface area contributed by atoms with E-state index in [9.17, 15) is 9.59 Å². The number of carbonyl (C=O) groups is 1. The molecule has 1 aliphatic rings. The van der Waals surface area contributed by atoms with E-state index in [1.54, 1.807) is 10.8 Å². The Balaban J connectivity index is 2.14. The summed E-state index contributed by atoms with van der Waals surface area (Å²) >= 11 is 0. The summed E-state index contributed by atoms with van der Waals surface area (Å²) in [5, 5.41) is 0. The molecule has 0 amide bonds. The lowest BCUT2D eigenvalue weighted by Gasteiger charge is -2.15. The number of hydrogen-bond donors (Lipinski definition) is 0. The number of allylic oxidation sites excluding steroid dienone is 1. The van der Waals surface area contributed by atoms with Gasteiger partial charge in [-0.1, -0.05) is 30.3 Å². The van der Waals surface area contributed by atoms with Crippen molar-refractivity contribution in [3.05, 3.63) is 41.6 Å². The summed E-state index contributed by atoms with van der Waals surface area (Å²) in [6.07, 6.45) is 0.428. The van der Waals surface area contributed by atoms with Crippen molar-refractivity contribution >= 4 is 11.7 Å². The minimum absolute atomic E-state index is 0.0964. The Morgan fingerprint density at radius 2 is 2.00 bits per heavy atom. The van der Waals surface area contributed by atoms with Crippen LogP contribution in [-0.4, -0.2) is 23.2 Å². The first-order valence-electron chi connectivity index (χ1n) is 4.88. The molecule has 1 aromatic carbocycles. The zero-order valence-electron chi connectivity index (χ0n) is 8.27. The number of hydrogen-bond acceptors (Lipinski definition) is 3. The third-order valence-electron chi connectivity index (χ3n) is 2.50. The van der Waals surface area contributed by atoms with Crippen LogP contribution in [0.3, 0.4) is 0 Å². The van der Waals surface area contributed by atoms with Crippen LogP contribution in [0.4, 0.5) is 0 Å². The van der Waals surface area contributed by atoms with Crippen LogP contribution in [0.5, 0.6) is 0 Å². The Morgan fingerprint density at radius 3 is 2.67 bits per heavy atom. The van der Waals surface area contributed by atoms with Gasteiger partial charge in [0, 0.05) is 19.5 Å². The van der Waals surface area contributed by atoms with Gasteiger partial charge in [-0.2, -0.15) is 0 Å². The second-order valence-electron chi connectivity index (χ2n) is 3.53. The first-order chi connectivity index (χ1) is 7.31. The minimum Gasteiger partial charge on any atom is -0.355 e. The fourth-order valence-corrected chi connectivity index (χ4v) is 1.73. The van der Waals surface area contributed by atoms with Gasteiger partial charge in [-0.25, -0.2) is 4.79 Å². The van der Waals surface area contributed by atoms with Crippen molar-refractivity contribution in [1.82, 2.24) is 4.90 Å². The van der Waals surface area contributed by atoms with Gasteiger partial charge in [0.05, 0.1) is 0 Å². The summed E-state index contributed by atoms with van der Waals surface area (Å²) < 4.78 is 0. The molecular formula is C12H11NO2. The molecule has 2 rings (SSSR count). The third-order valence-corrected chi connectivity index (χ3v) is 2.50. The van der Waals surface area contributed by atoms with Gasteiger partial charge in [-0.15, -0.1) is 0 Å². The van der Waals surface area contributed by atoms with Crippen molar-refractivity contribution in [3.63, 3.8) is 0 Å². The monoisotopic (exact) mass is 201 g/mol. The number of Topliss-reactive ketones (excluding diaryl/α,β-unsaturated/α-hetero) is 1. The number of likely N-dealkylation sites (tertiary alicyclic amines) is 1. The number of ketones is 1. The molecule has 0 saturated carbocycles. The highest BCUT2D eigenvalue weighted by atomic mass is 16.1. The van der Waals surface area contributed by atoms with E-state index in [0.29, 0.717) is 19.5 Å². The Labute approximate surface area is 88.0 Å². The molecule has 1 heterocycles. The van der Waals surface area contributed by atoms with E-state index >= 15 is 0 Å². The Bertz CT molecular complexity index is 419. The predicted molar refractivity (Wildman–Crippen MR) is 55.7 cm³/mol. The maximum Gasteiger partial charge on any atom is 0.192 e. The van der Waals surface area contributed by atoms with E-state index < -0.39 is 0 Å². The molecule has 1 aromatic rings. The fraction of sp³-hybridized carbons (Fsp3) is 0.250. The predicted octanol–water partition coefficient (Wildman–Crippen LogP) is 1.18. The molecule has 0 spiro atoms. The van der Waals surface area contributed by atoms with Crippen LogP contribution in [0.25, 0.3) is 0 Å². The van der Waals surface area contributed by atoms with E-state index in [4.69, 9.17) is 0 Å². The van der Waals surface area contributed by atoms with Crippen LogP contribution in [0.1, 0.15) is 12.0 Å². The Kier molecular flexibility index (Phi) is 2.66. The maximum absolute atomic E-state index is 11.3. The molecule has 0 aliphatic carbocycles. The van der Waals surface area contributed by atoms with E-state index in [1.165, 1.54) is 0 Å². The molecule has 0 bridgehead atoms. The van der Waals surface area contributed by atoms with Gasteiger partial charge in [0.25, 0.3) is 0 Å². The maximum atomic E-state index is 11.3. The average Bonchev–Trinajstić information content (AvgIpc) is 2.61. The lowest BCUT2D eigenvalue weighted by Crippen LogP contribution is -2.18. The molecule has 0 radical (unpaired) electrons. The normalized spacial score (nSPS) is 15.6. The SMILES string of the molecule is O=C=C1C(=O)CCN1Cc1ccccc1. The summed E-state index contributed by atoms with van der Waals surface area (Å²) in [7, 11) is 0. The van der Waals surface area contributed by atoms with E-state index in [2.05, 4.69) is 0 Å². The standard InChI is InChI=1S/C12H11NO2/c14-9-11-12(15)6-7-13(11)8-10-4-2-1-3-5-10/h1-5H,6-8H2. The van der Waals surface area contributed by atoms with Gasteiger partial charge in [0.2, 0.25) is 0 Å². The van der Waals surface area contributed by atoms with Gasteiger partial charge >= 0.3 is 0 Å². The highest BCUT2D eigenvalue weighted by Crippen LogP contribution is 2.17. The zero-order valence-corrected chi connectivity index (χ0v) is 8.27. The molecule has 1 fully saturated rings. The molecule has 76 valence electrons. The number of nitrogens with zero attached hydrogens (tertiary/aromatic N) is 1. The highest BCUT2D eigenvalue weighted by Gasteiger charge is 2.26. The van der Waals surface area contributed by atoms with Crippen molar-refractivity contribution in [1.29, 1.82) is 0 Å². The van der Waals surface area contributed by atoms with E-state index in [1.807, 2.05) is 30.3 Å². The fourth-order valence-electron chi connectivity index (χ4n) is 1.73. The Hall–Kier alpha value is -1.86. The summed E-state index contributed by atoms with van der Waals surface area (Å²) in [6.45, 7) is 1.23. The lowest BCUT2D eigenvalue weighted by atomic mass is 10.2. The first kappa shape index (κ1) is 9.69. The number of benzene rings is 1. The molecule has 0 unspecified atom stereocenters. The van der Waals surface area contributed by atoms with Crippen molar-refractivity contribution in [2.75, 3.05) is 6.54 Å². The lowest BCUT2D eigenvalue weighted by molar-refractivity contribution is -0.114. The molecule has 0 atom stereocenters. The molecule has 3 heteroatoms. The zero-order chi connectivity index (χ0) is 10.7. The largest absolute Gasteiger partial charge is 0.355 e. The molecule has 1 aliphatic heterocycles. The van der Waals surface area contributed by atoms with Gasteiger partial charge in [-0.3, -0.25) is 4.79 Å². The van der Waals surface area contributed by atoms with Crippen molar-refractivity contribution in [2.45, 2.75) is 13.0 Å². The number of carbonyl (C=O) groups excluding carboxylic acids is 2. The van der Waals surface area contributed by atoms with Crippen LogP contribution < -0.4 is 0 Å². The summed E-state index contributed by atoms with van der Waals surface area (Å²) in [5.41, 5.74) is 1.29. The van der Waals surface area contributed by atoms with Crippen LogP contribution >= 0.6 is 0 Å². The minimum atomic E-state index is -0.0964.